The highest BCUT2D eigenvalue weighted by Crippen LogP contribution is 2.24. The first-order valence-corrected chi connectivity index (χ1v) is 6.91. The summed E-state index contributed by atoms with van der Waals surface area (Å²) in [5.41, 5.74) is 6.91. The van der Waals surface area contributed by atoms with E-state index < -0.39 is 0 Å². The quantitative estimate of drug-likeness (QED) is 0.590. The van der Waals surface area contributed by atoms with E-state index in [1.807, 2.05) is 38.1 Å². The van der Waals surface area contributed by atoms with Crippen LogP contribution in [0.3, 0.4) is 0 Å². The molecule has 0 radical (unpaired) electrons. The van der Waals surface area contributed by atoms with E-state index in [0.29, 0.717) is 11.1 Å². The van der Waals surface area contributed by atoms with Crippen molar-refractivity contribution in [2.75, 3.05) is 5.43 Å². The number of aromatic nitrogens is 2. The van der Waals surface area contributed by atoms with Crippen LogP contribution in [0.2, 0.25) is 0 Å². The van der Waals surface area contributed by atoms with E-state index in [1.165, 1.54) is 12.1 Å². The van der Waals surface area contributed by atoms with Gasteiger partial charge in [-0.05, 0) is 50.2 Å². The lowest BCUT2D eigenvalue weighted by Gasteiger charge is -2.07. The number of hydrogen-bond acceptors (Lipinski definition) is 4. The van der Waals surface area contributed by atoms with Crippen molar-refractivity contribution in [3.05, 3.63) is 65.4 Å². The number of nitrogens with one attached hydrogen (secondary N) is 1. The normalized spacial score (nSPS) is 11.2. The first kappa shape index (κ1) is 14.1. The van der Waals surface area contributed by atoms with Crippen LogP contribution in [-0.2, 0) is 0 Å². The van der Waals surface area contributed by atoms with Crippen molar-refractivity contribution in [1.82, 2.24) is 9.97 Å². The highest BCUT2D eigenvalue weighted by molar-refractivity contribution is 5.92. The van der Waals surface area contributed by atoms with Crippen molar-refractivity contribution < 1.29 is 4.39 Å². The summed E-state index contributed by atoms with van der Waals surface area (Å²) in [7, 11) is 0. The van der Waals surface area contributed by atoms with Gasteiger partial charge in [-0.25, -0.2) is 4.39 Å². The van der Waals surface area contributed by atoms with Crippen molar-refractivity contribution in [3.63, 3.8) is 0 Å². The Balaban J connectivity index is 1.91. The Hall–Kier alpha value is -2.82. The van der Waals surface area contributed by atoms with Crippen LogP contribution < -0.4 is 5.43 Å². The number of nitrogens with zero attached hydrogens (tertiary/aromatic N) is 3. The van der Waals surface area contributed by atoms with Gasteiger partial charge < -0.3 is 0 Å². The Morgan fingerprint density at radius 3 is 2.73 bits per heavy atom. The number of anilines is 1. The van der Waals surface area contributed by atoms with Gasteiger partial charge in [-0.3, -0.25) is 15.4 Å². The molecule has 0 spiro atoms. The molecular weight excluding hydrogens is 279 g/mol. The van der Waals surface area contributed by atoms with Crippen LogP contribution in [0.5, 0.6) is 0 Å². The molecule has 0 amide bonds. The van der Waals surface area contributed by atoms with Crippen LogP contribution in [-0.4, -0.2) is 16.2 Å². The highest BCUT2D eigenvalue weighted by atomic mass is 19.1. The minimum Gasteiger partial charge on any atom is -0.278 e. The Labute approximate surface area is 127 Å². The van der Waals surface area contributed by atoms with E-state index in [1.54, 1.807) is 12.3 Å². The maximum Gasteiger partial charge on any atom is 0.124 e. The number of halogens is 1. The molecule has 0 unspecified atom stereocenters. The van der Waals surface area contributed by atoms with Gasteiger partial charge in [-0.15, -0.1) is 0 Å². The fourth-order valence-corrected chi connectivity index (χ4v) is 2.23. The Kier molecular flexibility index (Phi) is 3.78. The van der Waals surface area contributed by atoms with Crippen LogP contribution in [0, 0.1) is 19.7 Å². The number of aryl methyl sites for hydroxylation is 2. The van der Waals surface area contributed by atoms with Gasteiger partial charge in [0.15, 0.2) is 0 Å². The molecule has 0 saturated carbocycles. The molecule has 110 valence electrons. The van der Waals surface area contributed by atoms with E-state index in [-0.39, 0.29) is 5.82 Å². The lowest BCUT2D eigenvalue weighted by molar-refractivity contribution is 0.629. The van der Waals surface area contributed by atoms with Crippen molar-refractivity contribution in [2.45, 2.75) is 13.8 Å². The van der Waals surface area contributed by atoms with Crippen LogP contribution in [0.15, 0.2) is 47.6 Å². The molecule has 2 aromatic heterocycles. The number of pyridine rings is 2. The summed E-state index contributed by atoms with van der Waals surface area (Å²) < 4.78 is 13.4. The molecule has 2 heterocycles. The fourth-order valence-electron chi connectivity index (χ4n) is 2.23. The number of fused-ring (bicyclic) bond motifs is 1. The maximum atomic E-state index is 13.4. The van der Waals surface area contributed by atoms with Gasteiger partial charge in [-0.2, -0.15) is 5.10 Å². The van der Waals surface area contributed by atoms with Crippen molar-refractivity contribution in [2.24, 2.45) is 5.10 Å². The second kappa shape index (κ2) is 5.89. The number of benzene rings is 1. The van der Waals surface area contributed by atoms with E-state index in [0.717, 1.165) is 22.6 Å². The molecule has 0 atom stereocenters. The first-order valence-electron chi connectivity index (χ1n) is 6.91. The zero-order chi connectivity index (χ0) is 15.5. The summed E-state index contributed by atoms with van der Waals surface area (Å²) in [5.74, 6) is -0.300. The molecule has 3 aromatic rings. The van der Waals surface area contributed by atoms with Gasteiger partial charge in [0.25, 0.3) is 0 Å². The molecule has 1 aromatic carbocycles. The lowest BCUT2D eigenvalue weighted by atomic mass is 10.1. The summed E-state index contributed by atoms with van der Waals surface area (Å²) in [6, 6.07) is 12.1. The number of hydrazone groups is 1. The largest absolute Gasteiger partial charge is 0.278 e. The van der Waals surface area contributed by atoms with Gasteiger partial charge in [0, 0.05) is 16.8 Å². The molecule has 0 aliphatic carbocycles. The molecule has 1 N–H and O–H groups in total. The Morgan fingerprint density at radius 1 is 1.05 bits per heavy atom. The average Bonchev–Trinajstić information content (AvgIpc) is 2.48. The van der Waals surface area contributed by atoms with E-state index in [4.69, 9.17) is 0 Å². The summed E-state index contributed by atoms with van der Waals surface area (Å²) >= 11 is 0. The number of rotatable bonds is 3. The molecule has 0 bridgehead atoms. The van der Waals surface area contributed by atoms with Crippen LogP contribution in [0.25, 0.3) is 10.9 Å². The predicted octanol–water partition coefficient (Wildman–Crippen LogP) is 3.83. The molecule has 5 heteroatoms. The van der Waals surface area contributed by atoms with Crippen molar-refractivity contribution >= 4 is 22.8 Å². The van der Waals surface area contributed by atoms with Crippen molar-refractivity contribution in [1.29, 1.82) is 0 Å². The minimum absolute atomic E-state index is 0.300. The second-order valence-corrected chi connectivity index (χ2v) is 5.05. The summed E-state index contributed by atoms with van der Waals surface area (Å²) in [5, 5.41) is 4.88. The van der Waals surface area contributed by atoms with Gasteiger partial charge in [0.05, 0.1) is 23.1 Å². The van der Waals surface area contributed by atoms with Crippen LogP contribution >= 0.6 is 0 Å². The third-order valence-electron chi connectivity index (χ3n) is 3.19. The zero-order valence-electron chi connectivity index (χ0n) is 12.3. The third-order valence-corrected chi connectivity index (χ3v) is 3.19. The zero-order valence-corrected chi connectivity index (χ0v) is 12.3. The second-order valence-electron chi connectivity index (χ2n) is 5.05. The SMILES string of the molecule is Cc1cccc(/C=N/Nc2cc(C)nc3ccc(F)cc23)n1. The molecule has 22 heavy (non-hydrogen) atoms. The standard InChI is InChI=1S/C17H15FN4/c1-11-4-3-5-14(20-11)10-19-22-17-8-12(2)21-16-7-6-13(18)9-15(16)17/h3-10H,1-2H3,(H,21,22)/b19-10+. The van der Waals surface area contributed by atoms with E-state index in [2.05, 4.69) is 20.5 Å². The predicted molar refractivity (Wildman–Crippen MR) is 86.6 cm³/mol. The summed E-state index contributed by atoms with van der Waals surface area (Å²) in [6.07, 6.45) is 1.63. The molecule has 4 nitrogen and oxygen atoms in total. The first-order chi connectivity index (χ1) is 10.6. The molecule has 0 aliphatic rings. The molecule has 3 rings (SSSR count). The Morgan fingerprint density at radius 2 is 1.91 bits per heavy atom. The molecule has 0 fully saturated rings. The lowest BCUT2D eigenvalue weighted by Crippen LogP contribution is -1.96. The van der Waals surface area contributed by atoms with Crippen LogP contribution in [0.4, 0.5) is 10.1 Å². The number of hydrogen-bond donors (Lipinski definition) is 1. The van der Waals surface area contributed by atoms with Gasteiger partial charge >= 0.3 is 0 Å². The van der Waals surface area contributed by atoms with Crippen LogP contribution in [0.1, 0.15) is 17.1 Å². The molecule has 0 saturated heterocycles. The van der Waals surface area contributed by atoms with Gasteiger partial charge in [0.2, 0.25) is 0 Å². The third kappa shape index (κ3) is 3.09. The maximum absolute atomic E-state index is 13.4. The topological polar surface area (TPSA) is 50.2 Å². The summed E-state index contributed by atoms with van der Waals surface area (Å²) in [4.78, 5) is 8.72. The van der Waals surface area contributed by atoms with Gasteiger partial charge in [-0.1, -0.05) is 6.07 Å². The molecular formula is C17H15FN4. The average molecular weight is 294 g/mol. The van der Waals surface area contributed by atoms with Gasteiger partial charge in [0.1, 0.15) is 5.82 Å². The Bertz CT molecular complexity index is 858. The monoisotopic (exact) mass is 294 g/mol. The van der Waals surface area contributed by atoms with Crippen molar-refractivity contribution in [3.8, 4) is 0 Å². The highest BCUT2D eigenvalue weighted by Gasteiger charge is 2.04. The fraction of sp³-hybridized carbons (Fsp3) is 0.118. The van der Waals surface area contributed by atoms with E-state index >= 15 is 0 Å². The smallest absolute Gasteiger partial charge is 0.124 e. The minimum atomic E-state index is -0.300. The van der Waals surface area contributed by atoms with E-state index in [9.17, 15) is 4.39 Å². The summed E-state index contributed by atoms with van der Waals surface area (Å²) in [6.45, 7) is 3.81. The molecule has 0 aliphatic heterocycles.